The van der Waals surface area contributed by atoms with Crippen LogP contribution in [-0.4, -0.2) is 9.55 Å². The third kappa shape index (κ3) is 3.36. The average Bonchev–Trinajstić information content (AvgIpc) is 3.50. The Morgan fingerprint density at radius 3 is 2.30 bits per heavy atom. The lowest BCUT2D eigenvalue weighted by atomic mass is 10.0. The van der Waals surface area contributed by atoms with E-state index in [9.17, 15) is 0 Å². The van der Waals surface area contributed by atoms with Gasteiger partial charge in [-0.25, -0.2) is 4.99 Å². The van der Waals surface area contributed by atoms with E-state index in [1.165, 1.54) is 35.2 Å². The summed E-state index contributed by atoms with van der Waals surface area (Å²) >= 11 is 1.70. The van der Waals surface area contributed by atoms with E-state index in [2.05, 4.69) is 69.5 Å². The Bertz CT molecular complexity index is 1110. The zero-order chi connectivity index (χ0) is 18.1. The van der Waals surface area contributed by atoms with Gasteiger partial charge in [-0.2, -0.15) is 0 Å². The van der Waals surface area contributed by atoms with Crippen LogP contribution >= 0.6 is 11.3 Å². The third-order valence-corrected chi connectivity index (χ3v) is 5.65. The second-order valence-corrected chi connectivity index (χ2v) is 7.61. The predicted molar refractivity (Wildman–Crippen MR) is 111 cm³/mol. The largest absolute Gasteiger partial charge is 0.313 e. The minimum Gasteiger partial charge on any atom is -0.313 e. The monoisotopic (exact) mass is 369 g/mol. The molecule has 0 N–H and O–H groups in total. The van der Waals surface area contributed by atoms with Gasteiger partial charge in [0.15, 0.2) is 4.80 Å². The molecule has 1 fully saturated rings. The average molecular weight is 369 g/mol. The molecule has 27 heavy (non-hydrogen) atoms. The molecule has 2 aromatic heterocycles. The highest BCUT2D eigenvalue weighted by atomic mass is 32.1. The van der Waals surface area contributed by atoms with Crippen molar-refractivity contribution >= 4 is 17.0 Å². The maximum absolute atomic E-state index is 4.83. The summed E-state index contributed by atoms with van der Waals surface area (Å²) in [6.07, 6.45) is 6.05. The molecule has 5 rings (SSSR count). The molecule has 3 nitrogen and oxygen atoms in total. The molecule has 0 amide bonds. The summed E-state index contributed by atoms with van der Waals surface area (Å²) in [6, 6.07) is 23.8. The number of hydrogen-bond donors (Lipinski definition) is 0. The van der Waals surface area contributed by atoms with Crippen molar-refractivity contribution in [2.45, 2.75) is 18.9 Å². The van der Waals surface area contributed by atoms with E-state index in [1.54, 1.807) is 17.5 Å². The molecule has 0 saturated heterocycles. The fourth-order valence-corrected chi connectivity index (χ4v) is 4.28. The lowest BCUT2D eigenvalue weighted by Crippen LogP contribution is -2.14. The molecule has 4 heteroatoms. The fraction of sp³-hybridized carbons (Fsp3) is 0.130. The van der Waals surface area contributed by atoms with Gasteiger partial charge in [-0.3, -0.25) is 4.98 Å². The van der Waals surface area contributed by atoms with Gasteiger partial charge in [0.05, 0.1) is 17.6 Å². The van der Waals surface area contributed by atoms with Crippen LogP contribution in [-0.2, 0) is 0 Å². The lowest BCUT2D eigenvalue weighted by Gasteiger charge is -2.09. The van der Waals surface area contributed by atoms with E-state index in [0.29, 0.717) is 6.04 Å². The van der Waals surface area contributed by atoms with Gasteiger partial charge in [-0.1, -0.05) is 54.6 Å². The smallest absolute Gasteiger partial charge is 0.190 e. The Hall–Kier alpha value is -2.98. The maximum atomic E-state index is 4.83. The molecule has 132 valence electrons. The van der Waals surface area contributed by atoms with Crippen molar-refractivity contribution in [3.63, 3.8) is 0 Å². The van der Waals surface area contributed by atoms with Crippen molar-refractivity contribution in [1.29, 1.82) is 0 Å². The lowest BCUT2D eigenvalue weighted by molar-refractivity contribution is 0.724. The quantitative estimate of drug-likeness (QED) is 0.444. The van der Waals surface area contributed by atoms with Crippen LogP contribution in [0.25, 0.3) is 22.4 Å². The zero-order valence-corrected chi connectivity index (χ0v) is 15.6. The molecule has 1 saturated carbocycles. The normalized spacial score (nSPS) is 14.4. The molecule has 2 aromatic carbocycles. The summed E-state index contributed by atoms with van der Waals surface area (Å²) in [5, 5.41) is 2.23. The van der Waals surface area contributed by atoms with Crippen molar-refractivity contribution in [2.75, 3.05) is 0 Å². The summed E-state index contributed by atoms with van der Waals surface area (Å²) in [5.74, 6) is 0. The zero-order valence-electron chi connectivity index (χ0n) is 14.8. The molecule has 1 aliphatic rings. The summed E-state index contributed by atoms with van der Waals surface area (Å²) < 4.78 is 2.40. The Morgan fingerprint density at radius 2 is 1.59 bits per heavy atom. The molecule has 0 bridgehead atoms. The first kappa shape index (κ1) is 16.2. The number of benzene rings is 2. The van der Waals surface area contributed by atoms with Crippen LogP contribution in [0.3, 0.4) is 0 Å². The van der Waals surface area contributed by atoms with Gasteiger partial charge in [-0.15, -0.1) is 11.3 Å². The van der Waals surface area contributed by atoms with Crippen LogP contribution in [0, 0.1) is 0 Å². The van der Waals surface area contributed by atoms with E-state index in [1.807, 2.05) is 18.3 Å². The van der Waals surface area contributed by atoms with Crippen molar-refractivity contribution in [1.82, 2.24) is 9.55 Å². The van der Waals surface area contributed by atoms with Crippen LogP contribution in [0.4, 0.5) is 5.69 Å². The van der Waals surface area contributed by atoms with E-state index in [0.717, 1.165) is 10.5 Å². The predicted octanol–water partition coefficient (Wildman–Crippen LogP) is 5.85. The summed E-state index contributed by atoms with van der Waals surface area (Å²) in [5.41, 5.74) is 5.89. The minimum absolute atomic E-state index is 0.565. The first-order valence-corrected chi connectivity index (χ1v) is 10.1. The molecule has 0 spiro atoms. The summed E-state index contributed by atoms with van der Waals surface area (Å²) in [6.45, 7) is 0. The van der Waals surface area contributed by atoms with Crippen LogP contribution < -0.4 is 4.80 Å². The Morgan fingerprint density at radius 1 is 0.852 bits per heavy atom. The highest BCUT2D eigenvalue weighted by Crippen LogP contribution is 2.38. The van der Waals surface area contributed by atoms with E-state index < -0.39 is 0 Å². The molecular formula is C23H19N3S. The molecule has 0 atom stereocenters. The summed E-state index contributed by atoms with van der Waals surface area (Å²) in [7, 11) is 0. The van der Waals surface area contributed by atoms with Crippen molar-refractivity contribution in [2.24, 2.45) is 4.99 Å². The molecule has 0 unspecified atom stereocenters. The maximum Gasteiger partial charge on any atom is 0.190 e. The van der Waals surface area contributed by atoms with Crippen molar-refractivity contribution in [3.05, 3.63) is 89.3 Å². The molecular weight excluding hydrogens is 350 g/mol. The molecule has 2 heterocycles. The van der Waals surface area contributed by atoms with Gasteiger partial charge in [0.25, 0.3) is 0 Å². The molecule has 0 aliphatic heterocycles. The Kier molecular flexibility index (Phi) is 4.18. The number of thiazole rings is 1. The highest BCUT2D eigenvalue weighted by Gasteiger charge is 2.27. The second-order valence-electron chi connectivity index (χ2n) is 6.77. The first-order chi connectivity index (χ1) is 13.4. The fourth-order valence-electron chi connectivity index (χ4n) is 3.29. The SMILES string of the molecule is c1ccc(-c2ccc(-c3csc(=Nc4cccnc4)n3C3CC3)cc2)cc1. The molecule has 0 radical (unpaired) electrons. The van der Waals surface area contributed by atoms with E-state index in [-0.39, 0.29) is 0 Å². The van der Waals surface area contributed by atoms with E-state index in [4.69, 9.17) is 4.99 Å². The van der Waals surface area contributed by atoms with Gasteiger partial charge >= 0.3 is 0 Å². The Labute approximate surface area is 162 Å². The number of aromatic nitrogens is 2. The van der Waals surface area contributed by atoms with Gasteiger partial charge in [-0.05, 0) is 41.7 Å². The van der Waals surface area contributed by atoms with Crippen LogP contribution in [0.5, 0.6) is 0 Å². The van der Waals surface area contributed by atoms with Crippen LogP contribution in [0.15, 0.2) is 89.5 Å². The topological polar surface area (TPSA) is 30.2 Å². The minimum atomic E-state index is 0.565. The van der Waals surface area contributed by atoms with E-state index >= 15 is 0 Å². The number of pyridine rings is 1. The summed E-state index contributed by atoms with van der Waals surface area (Å²) in [4.78, 5) is 10.1. The van der Waals surface area contributed by atoms with Crippen molar-refractivity contribution in [3.8, 4) is 22.4 Å². The second kappa shape index (κ2) is 6.97. The number of nitrogens with zero attached hydrogens (tertiary/aromatic N) is 3. The van der Waals surface area contributed by atoms with Crippen LogP contribution in [0.1, 0.15) is 18.9 Å². The van der Waals surface area contributed by atoms with Gasteiger partial charge in [0.2, 0.25) is 0 Å². The van der Waals surface area contributed by atoms with Gasteiger partial charge in [0, 0.05) is 17.6 Å². The standard InChI is InChI=1S/C23H19N3S/c1-2-5-17(6-3-1)18-8-10-19(11-9-18)22-16-27-23(26(22)21-12-13-21)25-20-7-4-14-24-15-20/h1-11,14-16,21H,12-13H2. The van der Waals surface area contributed by atoms with Crippen molar-refractivity contribution < 1.29 is 0 Å². The first-order valence-electron chi connectivity index (χ1n) is 9.19. The van der Waals surface area contributed by atoms with Gasteiger partial charge in [0.1, 0.15) is 0 Å². The molecule has 4 aromatic rings. The third-order valence-electron chi connectivity index (χ3n) is 4.81. The molecule has 1 aliphatic carbocycles. The number of rotatable bonds is 4. The van der Waals surface area contributed by atoms with Gasteiger partial charge < -0.3 is 4.57 Å². The Balaban J connectivity index is 1.55. The van der Waals surface area contributed by atoms with Crippen LogP contribution in [0.2, 0.25) is 0 Å². The number of hydrogen-bond acceptors (Lipinski definition) is 3. The highest BCUT2D eigenvalue weighted by molar-refractivity contribution is 7.07.